The smallest absolute Gasteiger partial charge is 0.123 e. The van der Waals surface area contributed by atoms with E-state index in [1.165, 1.54) is 12.1 Å². The monoisotopic (exact) mass is 372 g/mol. The van der Waals surface area contributed by atoms with Gasteiger partial charge in [-0.05, 0) is 55.0 Å². The number of fused-ring (bicyclic) bond motifs is 1. The Morgan fingerprint density at radius 1 is 0.926 bits per heavy atom. The zero-order valence-corrected chi connectivity index (χ0v) is 15.2. The van der Waals surface area contributed by atoms with Crippen molar-refractivity contribution >= 4 is 10.9 Å². The first-order valence-corrected chi connectivity index (χ1v) is 9.15. The molecule has 2 N–H and O–H groups in total. The van der Waals surface area contributed by atoms with E-state index in [4.69, 9.17) is 14.9 Å². The summed E-state index contributed by atoms with van der Waals surface area (Å²) in [5.74, 6) is 0.553. The van der Waals surface area contributed by atoms with Gasteiger partial charge in [-0.25, -0.2) is 4.39 Å². The van der Waals surface area contributed by atoms with Crippen LogP contribution in [-0.2, 0) is 0 Å². The predicted octanol–water partition coefficient (Wildman–Crippen LogP) is 2.83. The molecule has 0 saturated carbocycles. The Hall–Kier alpha value is -2.41. The number of aromatic nitrogens is 1. The molecule has 0 aliphatic heterocycles. The van der Waals surface area contributed by atoms with E-state index in [0.29, 0.717) is 19.7 Å². The number of benzene rings is 2. The van der Waals surface area contributed by atoms with E-state index in [2.05, 4.69) is 0 Å². The molecule has 0 atom stereocenters. The SMILES string of the molecule is OCCN(CCO)CCCOc1ccc2c(ccn2-c2ccc(F)cc2)c1. The van der Waals surface area contributed by atoms with Crippen molar-refractivity contribution in [3.05, 3.63) is 60.5 Å². The van der Waals surface area contributed by atoms with Gasteiger partial charge in [0.2, 0.25) is 0 Å². The molecule has 3 aromatic rings. The van der Waals surface area contributed by atoms with Crippen molar-refractivity contribution in [2.24, 2.45) is 0 Å². The van der Waals surface area contributed by atoms with Crippen LogP contribution in [0.5, 0.6) is 5.75 Å². The number of hydrogen-bond acceptors (Lipinski definition) is 4. The fourth-order valence-corrected chi connectivity index (χ4v) is 3.13. The Labute approximate surface area is 158 Å². The van der Waals surface area contributed by atoms with Gasteiger partial charge >= 0.3 is 0 Å². The van der Waals surface area contributed by atoms with Gasteiger partial charge in [-0.2, -0.15) is 0 Å². The molecule has 6 heteroatoms. The highest BCUT2D eigenvalue weighted by Gasteiger charge is 2.06. The number of nitrogens with zero attached hydrogens (tertiary/aromatic N) is 2. The summed E-state index contributed by atoms with van der Waals surface area (Å²) >= 11 is 0. The third kappa shape index (κ3) is 5.07. The first-order chi connectivity index (χ1) is 13.2. The molecule has 3 rings (SSSR count). The van der Waals surface area contributed by atoms with Crippen molar-refractivity contribution < 1.29 is 19.3 Å². The van der Waals surface area contributed by atoms with Crippen LogP contribution in [0.15, 0.2) is 54.7 Å². The van der Waals surface area contributed by atoms with Gasteiger partial charge < -0.3 is 19.5 Å². The van der Waals surface area contributed by atoms with Gasteiger partial charge in [0.25, 0.3) is 0 Å². The summed E-state index contributed by atoms with van der Waals surface area (Å²) in [5.41, 5.74) is 1.94. The molecule has 0 unspecified atom stereocenters. The second kappa shape index (κ2) is 9.50. The summed E-state index contributed by atoms with van der Waals surface area (Å²) in [7, 11) is 0. The lowest BCUT2D eigenvalue weighted by Crippen LogP contribution is -2.31. The summed E-state index contributed by atoms with van der Waals surface area (Å²) in [6.45, 7) is 2.62. The van der Waals surface area contributed by atoms with Gasteiger partial charge in [0.05, 0.1) is 25.3 Å². The zero-order chi connectivity index (χ0) is 19.1. The maximum absolute atomic E-state index is 13.1. The third-order valence-electron chi connectivity index (χ3n) is 4.49. The minimum atomic E-state index is -0.248. The highest BCUT2D eigenvalue weighted by molar-refractivity contribution is 5.83. The predicted molar refractivity (Wildman–Crippen MR) is 104 cm³/mol. The Balaban J connectivity index is 1.60. The molecule has 0 saturated heterocycles. The Morgan fingerprint density at radius 3 is 2.37 bits per heavy atom. The van der Waals surface area contributed by atoms with Crippen LogP contribution in [0, 0.1) is 5.82 Å². The summed E-state index contributed by atoms with van der Waals surface area (Å²) in [6.07, 6.45) is 2.78. The largest absolute Gasteiger partial charge is 0.494 e. The van der Waals surface area contributed by atoms with Gasteiger partial charge in [0, 0.05) is 36.9 Å². The highest BCUT2D eigenvalue weighted by Crippen LogP contribution is 2.25. The average Bonchev–Trinajstić information content (AvgIpc) is 3.09. The average molecular weight is 372 g/mol. The van der Waals surface area contributed by atoms with Gasteiger partial charge in [0.1, 0.15) is 11.6 Å². The second-order valence-electron chi connectivity index (χ2n) is 6.37. The van der Waals surface area contributed by atoms with E-state index < -0.39 is 0 Å². The Kier molecular flexibility index (Phi) is 6.81. The second-order valence-corrected chi connectivity index (χ2v) is 6.37. The van der Waals surface area contributed by atoms with Crippen molar-refractivity contribution in [2.45, 2.75) is 6.42 Å². The lowest BCUT2D eigenvalue weighted by atomic mass is 10.2. The fraction of sp³-hybridized carbons (Fsp3) is 0.333. The van der Waals surface area contributed by atoms with Crippen LogP contribution in [0.3, 0.4) is 0 Å². The zero-order valence-electron chi connectivity index (χ0n) is 15.2. The number of aliphatic hydroxyl groups is 2. The van der Waals surface area contributed by atoms with Crippen LogP contribution in [0.1, 0.15) is 6.42 Å². The van der Waals surface area contributed by atoms with Crippen molar-refractivity contribution in [3.8, 4) is 11.4 Å². The lowest BCUT2D eigenvalue weighted by molar-refractivity contribution is 0.153. The topological polar surface area (TPSA) is 57.9 Å². The highest BCUT2D eigenvalue weighted by atomic mass is 19.1. The minimum absolute atomic E-state index is 0.0859. The van der Waals surface area contributed by atoms with Gasteiger partial charge in [-0.3, -0.25) is 4.90 Å². The lowest BCUT2D eigenvalue weighted by Gasteiger charge is -2.19. The number of halogens is 1. The molecule has 0 spiro atoms. The van der Waals surface area contributed by atoms with E-state index in [1.807, 2.05) is 39.9 Å². The standard InChI is InChI=1S/C21H25FN2O3/c22-18-2-4-19(5-3-18)24-10-8-17-16-20(6-7-21(17)24)27-15-1-9-23(11-13-25)12-14-26/h2-8,10,16,25-26H,1,9,11-15H2. The minimum Gasteiger partial charge on any atom is -0.494 e. The maximum Gasteiger partial charge on any atom is 0.123 e. The van der Waals surface area contributed by atoms with Crippen LogP contribution in [0.25, 0.3) is 16.6 Å². The van der Waals surface area contributed by atoms with E-state index >= 15 is 0 Å². The maximum atomic E-state index is 13.1. The van der Waals surface area contributed by atoms with E-state index in [-0.39, 0.29) is 19.0 Å². The third-order valence-corrected chi connectivity index (χ3v) is 4.49. The number of rotatable bonds is 10. The van der Waals surface area contributed by atoms with Crippen LogP contribution in [-0.4, -0.2) is 59.1 Å². The van der Waals surface area contributed by atoms with Crippen LogP contribution in [0.2, 0.25) is 0 Å². The normalized spacial score (nSPS) is 11.4. The molecule has 0 amide bonds. The molecule has 2 aromatic carbocycles. The number of aliphatic hydroxyl groups excluding tert-OH is 2. The molecular formula is C21H25FN2O3. The van der Waals surface area contributed by atoms with Crippen LogP contribution >= 0.6 is 0 Å². The molecular weight excluding hydrogens is 347 g/mol. The van der Waals surface area contributed by atoms with Crippen molar-refractivity contribution in [1.29, 1.82) is 0 Å². The van der Waals surface area contributed by atoms with Crippen molar-refractivity contribution in [3.63, 3.8) is 0 Å². The molecule has 0 radical (unpaired) electrons. The molecule has 0 bridgehead atoms. The summed E-state index contributed by atoms with van der Waals surface area (Å²) in [4.78, 5) is 2.01. The van der Waals surface area contributed by atoms with Gasteiger partial charge in [-0.15, -0.1) is 0 Å². The molecule has 144 valence electrons. The Bertz CT molecular complexity index is 842. The number of ether oxygens (including phenoxy) is 1. The quantitative estimate of drug-likeness (QED) is 0.538. The van der Waals surface area contributed by atoms with E-state index in [0.717, 1.165) is 35.3 Å². The van der Waals surface area contributed by atoms with Gasteiger partial charge in [-0.1, -0.05) is 0 Å². The molecule has 0 fully saturated rings. The van der Waals surface area contributed by atoms with Crippen LogP contribution in [0.4, 0.5) is 4.39 Å². The molecule has 0 aliphatic rings. The molecule has 1 aromatic heterocycles. The number of hydrogen-bond donors (Lipinski definition) is 2. The van der Waals surface area contributed by atoms with Crippen molar-refractivity contribution in [1.82, 2.24) is 9.47 Å². The van der Waals surface area contributed by atoms with Gasteiger partial charge in [0.15, 0.2) is 0 Å². The molecule has 27 heavy (non-hydrogen) atoms. The first kappa shape index (κ1) is 19.4. The molecule has 0 aliphatic carbocycles. The summed E-state index contributed by atoms with van der Waals surface area (Å²) in [6, 6.07) is 14.3. The fourth-order valence-electron chi connectivity index (χ4n) is 3.13. The van der Waals surface area contributed by atoms with Crippen molar-refractivity contribution in [2.75, 3.05) is 39.5 Å². The van der Waals surface area contributed by atoms with E-state index in [9.17, 15) is 4.39 Å². The summed E-state index contributed by atoms with van der Waals surface area (Å²) < 4.78 is 21.0. The van der Waals surface area contributed by atoms with E-state index in [1.54, 1.807) is 12.1 Å². The Morgan fingerprint density at radius 2 is 1.67 bits per heavy atom. The van der Waals surface area contributed by atoms with Crippen LogP contribution < -0.4 is 4.74 Å². The summed E-state index contributed by atoms with van der Waals surface area (Å²) in [5, 5.41) is 19.1. The first-order valence-electron chi connectivity index (χ1n) is 9.15. The molecule has 5 nitrogen and oxygen atoms in total. The molecule has 1 heterocycles.